The van der Waals surface area contributed by atoms with Gasteiger partial charge in [0.1, 0.15) is 11.0 Å². The summed E-state index contributed by atoms with van der Waals surface area (Å²) in [5.74, 6) is 0.430. The predicted octanol–water partition coefficient (Wildman–Crippen LogP) is 4.54. The number of aryl methyl sites for hydroxylation is 1. The number of nitrogens with zero attached hydrogens (tertiary/aromatic N) is 2. The van der Waals surface area contributed by atoms with Crippen LogP contribution in [0, 0.1) is 6.92 Å². The minimum Gasteiger partial charge on any atom is -0.494 e. The lowest BCUT2D eigenvalue weighted by molar-refractivity contribution is -0.127. The highest BCUT2D eigenvalue weighted by Gasteiger charge is 2.38. The molecule has 0 radical (unpaired) electrons. The second-order valence-electron chi connectivity index (χ2n) is 6.78. The first-order valence-electron chi connectivity index (χ1n) is 9.77. The van der Waals surface area contributed by atoms with E-state index < -0.39 is 5.25 Å². The molecule has 1 atom stereocenters. The Balaban J connectivity index is 1.70. The van der Waals surface area contributed by atoms with Crippen LogP contribution >= 0.6 is 11.8 Å². The quantitative estimate of drug-likeness (QED) is 0.633. The lowest BCUT2D eigenvalue weighted by Gasteiger charge is -2.14. The maximum Gasteiger partial charge on any atom is 0.242 e. The molecule has 1 aliphatic heterocycles. The number of hydrogen-bond acceptors (Lipinski definition) is 5. The van der Waals surface area contributed by atoms with Gasteiger partial charge in [0, 0.05) is 18.7 Å². The Kier molecular flexibility index (Phi) is 7.30. The molecule has 1 heterocycles. The van der Waals surface area contributed by atoms with E-state index in [0.29, 0.717) is 29.7 Å². The molecule has 30 heavy (non-hydrogen) atoms. The van der Waals surface area contributed by atoms with Gasteiger partial charge in [-0.2, -0.15) is 0 Å². The van der Waals surface area contributed by atoms with Crippen LogP contribution in [0.15, 0.2) is 66.2 Å². The lowest BCUT2D eigenvalue weighted by Crippen LogP contribution is -2.33. The van der Waals surface area contributed by atoms with Crippen LogP contribution in [0.5, 0.6) is 5.75 Å². The van der Waals surface area contributed by atoms with Crippen LogP contribution in [0.2, 0.25) is 0 Å². The van der Waals surface area contributed by atoms with E-state index in [2.05, 4.69) is 16.9 Å². The monoisotopic (exact) mass is 423 g/mol. The van der Waals surface area contributed by atoms with E-state index in [0.717, 1.165) is 11.3 Å². The second kappa shape index (κ2) is 10.1. The normalized spacial score (nSPS) is 17.3. The average Bonchev–Trinajstić information content (AvgIpc) is 3.00. The van der Waals surface area contributed by atoms with Crippen LogP contribution in [0.25, 0.3) is 0 Å². The number of rotatable bonds is 8. The number of ether oxygens (including phenoxy) is 1. The fraction of sp³-hybridized carbons (Fsp3) is 0.261. The van der Waals surface area contributed by atoms with E-state index in [1.165, 1.54) is 11.8 Å². The Morgan fingerprint density at radius 1 is 1.23 bits per heavy atom. The Bertz CT molecular complexity index is 939. The minimum absolute atomic E-state index is 0.0767. The molecule has 0 spiro atoms. The molecule has 0 bridgehead atoms. The largest absolute Gasteiger partial charge is 0.494 e. The molecule has 1 N–H and O–H groups in total. The van der Waals surface area contributed by atoms with E-state index >= 15 is 0 Å². The molecule has 0 aromatic heterocycles. The molecule has 0 aliphatic carbocycles. The highest BCUT2D eigenvalue weighted by molar-refractivity contribution is 8.15. The minimum atomic E-state index is -0.517. The van der Waals surface area contributed by atoms with E-state index in [1.54, 1.807) is 11.0 Å². The van der Waals surface area contributed by atoms with Gasteiger partial charge in [0.15, 0.2) is 5.17 Å². The molecule has 3 rings (SSSR count). The standard InChI is InChI=1S/C23H25N3O3S/c1-4-14-26-22(28)20(15-21(27)24-17-8-6-16(3)7-9-17)30-23(26)25-18-10-12-19(13-11-18)29-5-2/h4,6-13,20H,1,5,14-15H2,2-3H3,(H,24,27). The van der Waals surface area contributed by atoms with Gasteiger partial charge in [-0.05, 0) is 50.2 Å². The summed E-state index contributed by atoms with van der Waals surface area (Å²) in [7, 11) is 0. The summed E-state index contributed by atoms with van der Waals surface area (Å²) in [5.41, 5.74) is 2.55. The predicted molar refractivity (Wildman–Crippen MR) is 122 cm³/mol. The molecular formula is C23H25N3O3S. The third-order valence-corrected chi connectivity index (χ3v) is 5.59. The zero-order valence-corrected chi connectivity index (χ0v) is 17.9. The van der Waals surface area contributed by atoms with E-state index in [4.69, 9.17) is 4.74 Å². The van der Waals surface area contributed by atoms with Crippen molar-refractivity contribution < 1.29 is 14.3 Å². The number of thioether (sulfide) groups is 1. The van der Waals surface area contributed by atoms with E-state index in [1.807, 2.05) is 62.4 Å². The van der Waals surface area contributed by atoms with E-state index in [9.17, 15) is 9.59 Å². The van der Waals surface area contributed by atoms with Gasteiger partial charge in [-0.1, -0.05) is 35.5 Å². The first kappa shape index (κ1) is 21.6. The molecule has 1 aliphatic rings. The van der Waals surface area contributed by atoms with Gasteiger partial charge in [0.2, 0.25) is 11.8 Å². The number of anilines is 1. The average molecular weight is 424 g/mol. The van der Waals surface area contributed by atoms with Crippen molar-refractivity contribution in [1.82, 2.24) is 4.90 Å². The third-order valence-electron chi connectivity index (χ3n) is 4.41. The number of carbonyl (C=O) groups is 2. The van der Waals surface area contributed by atoms with Gasteiger partial charge in [-0.3, -0.25) is 14.5 Å². The maximum absolute atomic E-state index is 12.8. The molecular weight excluding hydrogens is 398 g/mol. The van der Waals surface area contributed by atoms with Crippen LogP contribution in [0.1, 0.15) is 18.9 Å². The van der Waals surface area contributed by atoms with Gasteiger partial charge in [0.05, 0.1) is 12.3 Å². The van der Waals surface area contributed by atoms with Crippen molar-refractivity contribution in [1.29, 1.82) is 0 Å². The number of amides is 2. The summed E-state index contributed by atoms with van der Waals surface area (Å²) < 4.78 is 5.45. The third kappa shape index (κ3) is 5.51. The Morgan fingerprint density at radius 2 is 1.93 bits per heavy atom. The van der Waals surface area contributed by atoms with Crippen molar-refractivity contribution in [3.05, 3.63) is 66.7 Å². The SMILES string of the molecule is C=CCN1C(=O)C(CC(=O)Nc2ccc(C)cc2)SC1=Nc1ccc(OCC)cc1. The van der Waals surface area contributed by atoms with Crippen LogP contribution in [0.4, 0.5) is 11.4 Å². The van der Waals surface area contributed by atoms with Crippen molar-refractivity contribution in [2.24, 2.45) is 4.99 Å². The molecule has 1 saturated heterocycles. The molecule has 2 aromatic carbocycles. The number of hydrogen-bond donors (Lipinski definition) is 1. The van der Waals surface area contributed by atoms with Crippen LogP contribution in [0.3, 0.4) is 0 Å². The first-order valence-corrected chi connectivity index (χ1v) is 10.6. The van der Waals surface area contributed by atoms with Crippen molar-refractivity contribution in [2.45, 2.75) is 25.5 Å². The molecule has 156 valence electrons. The van der Waals surface area contributed by atoms with Gasteiger partial charge >= 0.3 is 0 Å². The van der Waals surface area contributed by atoms with Gasteiger partial charge in [-0.15, -0.1) is 6.58 Å². The highest BCUT2D eigenvalue weighted by Crippen LogP contribution is 2.32. The number of aliphatic imine (C=N–C) groups is 1. The van der Waals surface area contributed by atoms with Crippen molar-refractivity contribution >= 4 is 40.1 Å². The topological polar surface area (TPSA) is 71.0 Å². The zero-order valence-electron chi connectivity index (χ0n) is 17.1. The molecule has 2 amide bonds. The number of carbonyl (C=O) groups excluding carboxylic acids is 2. The first-order chi connectivity index (χ1) is 14.5. The summed E-state index contributed by atoms with van der Waals surface area (Å²) >= 11 is 1.30. The number of amidine groups is 1. The smallest absolute Gasteiger partial charge is 0.242 e. The van der Waals surface area contributed by atoms with Gasteiger partial charge < -0.3 is 10.1 Å². The van der Waals surface area contributed by atoms with Crippen LogP contribution in [-0.2, 0) is 9.59 Å². The van der Waals surface area contributed by atoms with Gasteiger partial charge in [0.25, 0.3) is 0 Å². The Labute approximate surface area is 181 Å². The molecule has 2 aromatic rings. The highest BCUT2D eigenvalue weighted by atomic mass is 32.2. The van der Waals surface area contributed by atoms with Gasteiger partial charge in [-0.25, -0.2) is 4.99 Å². The Morgan fingerprint density at radius 3 is 2.57 bits per heavy atom. The summed E-state index contributed by atoms with van der Waals surface area (Å²) in [4.78, 5) is 31.5. The maximum atomic E-state index is 12.8. The molecule has 0 saturated carbocycles. The number of benzene rings is 2. The fourth-order valence-electron chi connectivity index (χ4n) is 2.93. The van der Waals surface area contributed by atoms with Crippen molar-refractivity contribution in [2.75, 3.05) is 18.5 Å². The van der Waals surface area contributed by atoms with Crippen molar-refractivity contribution in [3.8, 4) is 5.75 Å². The summed E-state index contributed by atoms with van der Waals surface area (Å²) in [6.45, 7) is 8.58. The molecule has 1 fully saturated rings. The molecule has 7 heteroatoms. The molecule has 6 nitrogen and oxygen atoms in total. The zero-order chi connectivity index (χ0) is 21.5. The van der Waals surface area contributed by atoms with Crippen LogP contribution < -0.4 is 10.1 Å². The number of nitrogens with one attached hydrogen (secondary N) is 1. The molecule has 1 unspecified atom stereocenters. The second-order valence-corrected chi connectivity index (χ2v) is 7.95. The summed E-state index contributed by atoms with van der Waals surface area (Å²) in [6.07, 6.45) is 1.73. The van der Waals surface area contributed by atoms with Crippen molar-refractivity contribution in [3.63, 3.8) is 0 Å². The Hall–Kier alpha value is -3.06. The summed E-state index contributed by atoms with van der Waals surface area (Å²) in [5, 5.41) is 2.90. The fourth-order valence-corrected chi connectivity index (χ4v) is 4.10. The lowest BCUT2D eigenvalue weighted by atomic mass is 10.2. The van der Waals surface area contributed by atoms with E-state index in [-0.39, 0.29) is 18.2 Å². The summed E-state index contributed by atoms with van der Waals surface area (Å²) in [6, 6.07) is 14.9. The van der Waals surface area contributed by atoms with Crippen LogP contribution in [-0.4, -0.2) is 40.3 Å².